The number of Topliss-reactive ketones (excluding diaryl/α,β-unsaturated/α-hetero) is 1. The Balaban J connectivity index is 1.47. The molecule has 0 spiro atoms. The second-order valence-electron chi connectivity index (χ2n) is 10.8. The Labute approximate surface area is 249 Å². The zero-order valence-corrected chi connectivity index (χ0v) is 25.3. The maximum Gasteiger partial charge on any atom is 0.241 e. The highest BCUT2D eigenvalue weighted by atomic mass is 35.5. The van der Waals surface area contributed by atoms with Gasteiger partial charge >= 0.3 is 0 Å². The van der Waals surface area contributed by atoms with Gasteiger partial charge in [-0.1, -0.05) is 31.0 Å². The summed E-state index contributed by atoms with van der Waals surface area (Å²) in [7, 11) is -3.06. The van der Waals surface area contributed by atoms with E-state index in [0.717, 1.165) is 38.4 Å². The van der Waals surface area contributed by atoms with Crippen molar-refractivity contribution in [2.75, 3.05) is 31.6 Å². The van der Waals surface area contributed by atoms with Gasteiger partial charge in [-0.05, 0) is 37.8 Å². The lowest BCUT2D eigenvalue weighted by molar-refractivity contribution is -0.130. The van der Waals surface area contributed by atoms with E-state index in [2.05, 4.69) is 0 Å². The molecule has 0 unspecified atom stereocenters. The molecule has 0 radical (unpaired) electrons. The third-order valence-electron chi connectivity index (χ3n) is 7.83. The van der Waals surface area contributed by atoms with E-state index in [1.165, 1.54) is 0 Å². The molecular weight excluding hydrogens is 590 g/mol. The van der Waals surface area contributed by atoms with E-state index in [1.54, 1.807) is 11.0 Å². The number of carbonyl (C=O) groups is 3. The minimum atomic E-state index is -4.20. The second kappa shape index (κ2) is 13.5. The molecule has 3 heterocycles. The third kappa shape index (κ3) is 7.26. The minimum Gasteiger partial charge on any atom is -0.355 e. The highest BCUT2D eigenvalue weighted by molar-refractivity contribution is 7.88. The van der Waals surface area contributed by atoms with Crippen LogP contribution in [0.15, 0.2) is 24.3 Å². The first kappa shape index (κ1) is 31.8. The average Bonchev–Trinajstić information content (AvgIpc) is 3.37. The highest BCUT2D eigenvalue weighted by Crippen LogP contribution is 2.32. The minimum absolute atomic E-state index is 0.0147. The van der Waals surface area contributed by atoms with Crippen molar-refractivity contribution in [1.82, 2.24) is 14.2 Å². The number of amides is 2. The van der Waals surface area contributed by atoms with E-state index in [0.29, 0.717) is 72.8 Å². The number of rotatable bonds is 11. The highest BCUT2D eigenvalue weighted by Gasteiger charge is 2.34. The third-order valence-corrected chi connectivity index (χ3v) is 9.80. The smallest absolute Gasteiger partial charge is 0.241 e. The summed E-state index contributed by atoms with van der Waals surface area (Å²) in [5.74, 6) is -3.42. The van der Waals surface area contributed by atoms with Gasteiger partial charge in [0.15, 0.2) is 5.78 Å². The summed E-state index contributed by atoms with van der Waals surface area (Å²) >= 11 is 6.62. The fourth-order valence-corrected chi connectivity index (χ4v) is 6.80. The molecule has 0 bridgehead atoms. The Morgan fingerprint density at radius 1 is 1.14 bits per heavy atom. The van der Waals surface area contributed by atoms with Crippen molar-refractivity contribution in [3.63, 3.8) is 0 Å². The first-order valence-corrected chi connectivity index (χ1v) is 16.1. The van der Waals surface area contributed by atoms with Crippen molar-refractivity contribution in [3.8, 4) is 0 Å². The number of nitrogens with zero attached hydrogens (tertiary/aromatic N) is 4. The summed E-state index contributed by atoms with van der Waals surface area (Å²) in [5, 5.41) is 0.289. The maximum atomic E-state index is 14.1. The van der Waals surface area contributed by atoms with Crippen molar-refractivity contribution in [1.29, 1.82) is 0 Å². The van der Waals surface area contributed by atoms with Crippen LogP contribution in [-0.4, -0.2) is 66.9 Å². The molecule has 228 valence electrons. The molecule has 2 fully saturated rings. The number of halogens is 3. The number of hydrogen-bond acceptors (Lipinski definition) is 7. The number of likely N-dealkylation sites (tertiary alicyclic amines) is 1. The van der Waals surface area contributed by atoms with Gasteiger partial charge in [-0.15, -0.1) is 0 Å². The van der Waals surface area contributed by atoms with E-state index in [1.807, 2.05) is 11.8 Å². The van der Waals surface area contributed by atoms with E-state index in [9.17, 15) is 31.6 Å². The number of sulfonamides is 1. The summed E-state index contributed by atoms with van der Waals surface area (Å²) in [6.07, 6.45) is 3.79. The van der Waals surface area contributed by atoms with E-state index in [4.69, 9.17) is 16.6 Å². The number of aromatic nitrogens is 1. The van der Waals surface area contributed by atoms with Crippen LogP contribution < -0.4 is 4.90 Å². The number of anilines is 1. The number of piperidine rings is 1. The van der Waals surface area contributed by atoms with Gasteiger partial charge in [-0.3, -0.25) is 14.4 Å². The summed E-state index contributed by atoms with van der Waals surface area (Å²) in [6, 6.07) is 4.23. The van der Waals surface area contributed by atoms with E-state index in [-0.39, 0.29) is 28.8 Å². The molecule has 1 aromatic carbocycles. The molecule has 0 N–H and O–H groups in total. The summed E-state index contributed by atoms with van der Waals surface area (Å²) < 4.78 is 53.6. The van der Waals surface area contributed by atoms with Crippen LogP contribution in [0.5, 0.6) is 0 Å². The van der Waals surface area contributed by atoms with Gasteiger partial charge in [0.25, 0.3) is 0 Å². The average molecular weight is 625 g/mol. The molecule has 2 saturated heterocycles. The lowest BCUT2D eigenvalue weighted by atomic mass is 9.96. The van der Waals surface area contributed by atoms with Crippen molar-refractivity contribution in [2.45, 2.75) is 64.2 Å². The number of benzene rings is 1. The van der Waals surface area contributed by atoms with Crippen molar-refractivity contribution in [2.24, 2.45) is 5.92 Å². The number of carbonyl (C=O) groups excluding carboxylic acids is 3. The molecule has 13 heteroatoms. The fraction of sp³-hybridized carbons (Fsp3) is 0.517. The van der Waals surface area contributed by atoms with Gasteiger partial charge in [0.2, 0.25) is 21.8 Å². The van der Waals surface area contributed by atoms with Gasteiger partial charge in [-0.2, -0.15) is 0 Å². The zero-order valence-electron chi connectivity index (χ0n) is 23.7. The molecule has 2 aromatic rings. The van der Waals surface area contributed by atoms with Gasteiger partial charge < -0.3 is 9.80 Å². The molecule has 0 atom stereocenters. The number of ketones is 1. The van der Waals surface area contributed by atoms with E-state index < -0.39 is 39.2 Å². The largest absolute Gasteiger partial charge is 0.355 e. The SMILES string of the molecule is CCCCC(=O)c1cc(Cl)c(N2CCC(C(=O)N(C)S(=O)(=O)Cc3ccc(F)cc3F)CC2)nc1CN1CCCC1=O. The normalized spacial score (nSPS) is 16.3. The van der Waals surface area contributed by atoms with Crippen molar-refractivity contribution < 1.29 is 31.6 Å². The predicted molar refractivity (Wildman–Crippen MR) is 154 cm³/mol. The Kier molecular flexibility index (Phi) is 10.2. The van der Waals surface area contributed by atoms with Crippen LogP contribution in [0.2, 0.25) is 5.02 Å². The first-order chi connectivity index (χ1) is 19.9. The first-order valence-electron chi connectivity index (χ1n) is 14.1. The topological polar surface area (TPSA) is 108 Å². The number of hydrogen-bond donors (Lipinski definition) is 0. The standard InChI is InChI=1S/C29H35ClF2N4O5S/c1-3-4-6-26(37)22-16-23(30)28(33-25(22)17-36-12-5-7-27(36)38)35-13-10-19(11-14-35)29(39)34(2)42(40,41)18-20-8-9-21(31)15-24(20)32/h8-9,15-16,19H,3-7,10-14,17-18H2,1-2H3. The summed E-state index contributed by atoms with van der Waals surface area (Å²) in [4.78, 5) is 46.8. The zero-order chi connectivity index (χ0) is 30.6. The van der Waals surface area contributed by atoms with Crippen LogP contribution in [0.4, 0.5) is 14.6 Å². The molecule has 42 heavy (non-hydrogen) atoms. The van der Waals surface area contributed by atoms with Gasteiger partial charge in [0.05, 0.1) is 23.0 Å². The van der Waals surface area contributed by atoms with Gasteiger partial charge in [0, 0.05) is 62.6 Å². The van der Waals surface area contributed by atoms with Gasteiger partial charge in [0.1, 0.15) is 17.5 Å². The lowest BCUT2D eigenvalue weighted by Gasteiger charge is -2.34. The fourth-order valence-electron chi connectivity index (χ4n) is 5.29. The molecule has 2 aliphatic heterocycles. The molecule has 0 aliphatic carbocycles. The van der Waals surface area contributed by atoms with Crippen LogP contribution in [-0.2, 0) is 31.9 Å². The lowest BCUT2D eigenvalue weighted by Crippen LogP contribution is -2.44. The molecule has 2 amide bonds. The Morgan fingerprint density at radius 2 is 1.86 bits per heavy atom. The number of unbranched alkanes of at least 4 members (excludes halogenated alkanes) is 1. The second-order valence-corrected chi connectivity index (χ2v) is 13.2. The molecule has 0 saturated carbocycles. The van der Waals surface area contributed by atoms with Crippen LogP contribution >= 0.6 is 11.6 Å². The van der Waals surface area contributed by atoms with Crippen molar-refractivity contribution >= 4 is 45.0 Å². The predicted octanol–water partition coefficient (Wildman–Crippen LogP) is 4.71. The molecule has 2 aliphatic rings. The van der Waals surface area contributed by atoms with Crippen LogP contribution in [0.25, 0.3) is 0 Å². The monoisotopic (exact) mass is 624 g/mol. The van der Waals surface area contributed by atoms with Crippen LogP contribution in [0.1, 0.15) is 73.5 Å². The molecule has 9 nitrogen and oxygen atoms in total. The molecule has 4 rings (SSSR count). The Hall–Kier alpha value is -3.12. The van der Waals surface area contributed by atoms with Crippen LogP contribution in [0.3, 0.4) is 0 Å². The van der Waals surface area contributed by atoms with Crippen LogP contribution in [0, 0.1) is 17.6 Å². The maximum absolute atomic E-state index is 14.1. The summed E-state index contributed by atoms with van der Waals surface area (Å²) in [6.45, 7) is 3.52. The van der Waals surface area contributed by atoms with Gasteiger partial charge in [-0.25, -0.2) is 26.5 Å². The number of pyridine rings is 1. The molecule has 1 aromatic heterocycles. The quantitative estimate of drug-likeness (QED) is 0.333. The summed E-state index contributed by atoms with van der Waals surface area (Å²) in [5.41, 5.74) is 0.670. The van der Waals surface area contributed by atoms with Crippen molar-refractivity contribution in [3.05, 3.63) is 57.7 Å². The van der Waals surface area contributed by atoms with E-state index >= 15 is 0 Å². The Morgan fingerprint density at radius 3 is 2.48 bits per heavy atom. The molecular formula is C29H35ClF2N4O5S. The Bertz CT molecular complexity index is 1460.